The summed E-state index contributed by atoms with van der Waals surface area (Å²) in [6.45, 7) is 2.22. The molecule has 2 fully saturated rings. The van der Waals surface area contributed by atoms with Crippen LogP contribution < -0.4 is 10.5 Å². The summed E-state index contributed by atoms with van der Waals surface area (Å²) in [6.07, 6.45) is 11.7. The van der Waals surface area contributed by atoms with Crippen molar-refractivity contribution in [1.82, 2.24) is 0 Å². The van der Waals surface area contributed by atoms with E-state index in [1.165, 1.54) is 11.1 Å². The summed E-state index contributed by atoms with van der Waals surface area (Å²) in [5.74, 6) is 5.18. The van der Waals surface area contributed by atoms with E-state index in [1.807, 2.05) is 6.07 Å². The summed E-state index contributed by atoms with van der Waals surface area (Å²) >= 11 is 0. The second-order valence-corrected chi connectivity index (χ2v) is 8.16. The fourth-order valence-corrected chi connectivity index (χ4v) is 6.10. The average molecular weight is 325 g/mol. The number of aliphatic hydroxyl groups is 1. The fourth-order valence-electron chi connectivity index (χ4n) is 6.10. The van der Waals surface area contributed by atoms with Crippen LogP contribution in [0.2, 0.25) is 0 Å². The summed E-state index contributed by atoms with van der Waals surface area (Å²) in [5, 5.41) is 11.0. The molecule has 0 bridgehead atoms. The van der Waals surface area contributed by atoms with E-state index in [2.05, 4.69) is 18.9 Å². The Balaban J connectivity index is 1.73. The Bertz CT molecular complexity index is 721. The highest BCUT2D eigenvalue weighted by atomic mass is 16.5. The van der Waals surface area contributed by atoms with Gasteiger partial charge in [0.1, 0.15) is 11.4 Å². The molecule has 0 aliphatic heterocycles. The van der Waals surface area contributed by atoms with Gasteiger partial charge in [0.2, 0.25) is 0 Å². The summed E-state index contributed by atoms with van der Waals surface area (Å²) in [7, 11) is 1.68. The van der Waals surface area contributed by atoms with Gasteiger partial charge < -0.3 is 15.6 Å². The quantitative estimate of drug-likeness (QED) is 0.614. The molecule has 2 saturated carbocycles. The van der Waals surface area contributed by atoms with Gasteiger partial charge in [-0.3, -0.25) is 0 Å². The molecule has 4 rings (SSSR count). The lowest BCUT2D eigenvalue weighted by molar-refractivity contribution is -0.0646. The van der Waals surface area contributed by atoms with Crippen molar-refractivity contribution in [2.24, 2.45) is 17.3 Å². The van der Waals surface area contributed by atoms with Crippen LogP contribution in [-0.2, 0) is 6.42 Å². The van der Waals surface area contributed by atoms with Gasteiger partial charge in [-0.15, -0.1) is 6.42 Å². The lowest BCUT2D eigenvalue weighted by Crippen LogP contribution is -2.50. The van der Waals surface area contributed by atoms with Crippen molar-refractivity contribution in [3.05, 3.63) is 23.3 Å². The summed E-state index contributed by atoms with van der Waals surface area (Å²) < 4.78 is 5.39. The maximum atomic E-state index is 11.0. The van der Waals surface area contributed by atoms with E-state index in [0.717, 1.165) is 50.0 Å². The van der Waals surface area contributed by atoms with E-state index in [0.29, 0.717) is 17.8 Å². The average Bonchev–Trinajstić information content (AvgIpc) is 2.87. The van der Waals surface area contributed by atoms with E-state index in [1.54, 1.807) is 7.11 Å². The van der Waals surface area contributed by atoms with Gasteiger partial charge in [0.15, 0.2) is 0 Å². The normalized spacial score (nSPS) is 40.2. The zero-order chi connectivity index (χ0) is 17.1. The predicted molar refractivity (Wildman–Crippen MR) is 95.8 cm³/mol. The molecule has 3 heteroatoms. The minimum absolute atomic E-state index is 0.140. The van der Waals surface area contributed by atoms with Crippen molar-refractivity contribution < 1.29 is 9.84 Å². The van der Waals surface area contributed by atoms with Gasteiger partial charge in [0.25, 0.3) is 0 Å². The number of nitrogens with two attached hydrogens (primary N) is 1. The molecule has 3 nitrogen and oxygen atoms in total. The molecule has 3 aliphatic carbocycles. The fraction of sp³-hybridized carbons (Fsp3) is 0.619. The van der Waals surface area contributed by atoms with Crippen LogP contribution in [-0.4, -0.2) is 17.8 Å². The molecule has 0 saturated heterocycles. The summed E-state index contributed by atoms with van der Waals surface area (Å²) in [6, 6.07) is 4.23. The van der Waals surface area contributed by atoms with Crippen LogP contribution in [0.3, 0.4) is 0 Å². The lowest BCUT2D eigenvalue weighted by atomic mass is 9.53. The number of fused-ring (bicyclic) bond motifs is 5. The standard InChI is InChI=1S/C21H27NO2/c1-4-21(23)12-10-17-15-5-6-16-13(7-8-18(24-3)19(16)22)14(15)9-11-20(17,21)2/h1,7-8,14-15,17,23H,5-6,9-12,22H2,2-3H3/t14-,15-,17+,20+,21+/m1/s1. The molecule has 24 heavy (non-hydrogen) atoms. The Morgan fingerprint density at radius 1 is 1.29 bits per heavy atom. The van der Waals surface area contributed by atoms with Gasteiger partial charge in [-0.1, -0.05) is 18.9 Å². The van der Waals surface area contributed by atoms with Crippen LogP contribution in [0.15, 0.2) is 12.1 Å². The van der Waals surface area contributed by atoms with Crippen LogP contribution in [0.4, 0.5) is 5.69 Å². The molecule has 0 amide bonds. The molecule has 1 aromatic rings. The number of methoxy groups -OCH3 is 1. The van der Waals surface area contributed by atoms with Gasteiger partial charge in [-0.25, -0.2) is 0 Å². The van der Waals surface area contributed by atoms with Gasteiger partial charge in [-0.05, 0) is 73.5 Å². The third-order valence-corrected chi connectivity index (χ3v) is 7.53. The lowest BCUT2D eigenvalue weighted by Gasteiger charge is -2.52. The number of hydrogen-bond acceptors (Lipinski definition) is 3. The minimum atomic E-state index is -0.929. The molecule has 1 aromatic carbocycles. The van der Waals surface area contributed by atoms with Crippen molar-refractivity contribution in [1.29, 1.82) is 0 Å². The Kier molecular flexibility index (Phi) is 3.41. The van der Waals surface area contributed by atoms with E-state index in [4.69, 9.17) is 16.9 Å². The number of benzene rings is 1. The monoisotopic (exact) mass is 325 g/mol. The molecule has 3 N–H and O–H groups in total. The third kappa shape index (κ3) is 1.84. The smallest absolute Gasteiger partial charge is 0.142 e. The van der Waals surface area contributed by atoms with Crippen molar-refractivity contribution in [2.45, 2.75) is 57.0 Å². The number of nitrogen functional groups attached to an aromatic ring is 1. The van der Waals surface area contributed by atoms with E-state index in [9.17, 15) is 5.11 Å². The van der Waals surface area contributed by atoms with Crippen LogP contribution in [0.25, 0.3) is 0 Å². The van der Waals surface area contributed by atoms with E-state index in [-0.39, 0.29) is 5.41 Å². The molecule has 0 heterocycles. The Labute approximate surface area is 144 Å². The van der Waals surface area contributed by atoms with Crippen LogP contribution in [0.1, 0.15) is 56.1 Å². The Hall–Kier alpha value is -1.66. The highest BCUT2D eigenvalue weighted by molar-refractivity contribution is 5.63. The Morgan fingerprint density at radius 2 is 2.08 bits per heavy atom. The van der Waals surface area contributed by atoms with Crippen LogP contribution in [0, 0.1) is 29.6 Å². The number of ether oxygens (including phenoxy) is 1. The van der Waals surface area contributed by atoms with Crippen molar-refractivity contribution in [3.8, 4) is 18.1 Å². The largest absolute Gasteiger partial charge is 0.495 e. The maximum absolute atomic E-state index is 11.0. The second kappa shape index (κ2) is 5.17. The summed E-state index contributed by atoms with van der Waals surface area (Å²) in [5.41, 5.74) is 8.77. The molecule has 5 atom stereocenters. The number of terminal acetylenes is 1. The molecule has 0 aromatic heterocycles. The second-order valence-electron chi connectivity index (χ2n) is 8.16. The molecule has 128 valence electrons. The third-order valence-electron chi connectivity index (χ3n) is 7.53. The predicted octanol–water partition coefficient (Wildman–Crippen LogP) is 3.50. The molecule has 0 unspecified atom stereocenters. The number of hydrogen-bond donors (Lipinski definition) is 2. The van der Waals surface area contributed by atoms with Crippen LogP contribution >= 0.6 is 0 Å². The zero-order valence-electron chi connectivity index (χ0n) is 14.6. The zero-order valence-corrected chi connectivity index (χ0v) is 14.6. The van der Waals surface area contributed by atoms with Crippen molar-refractivity contribution in [3.63, 3.8) is 0 Å². The van der Waals surface area contributed by atoms with Crippen molar-refractivity contribution >= 4 is 5.69 Å². The van der Waals surface area contributed by atoms with Gasteiger partial charge in [-0.2, -0.15) is 0 Å². The first-order valence-corrected chi connectivity index (χ1v) is 9.10. The van der Waals surface area contributed by atoms with Crippen molar-refractivity contribution in [2.75, 3.05) is 12.8 Å². The first-order valence-electron chi connectivity index (χ1n) is 9.10. The molecular formula is C21H27NO2. The topological polar surface area (TPSA) is 55.5 Å². The minimum Gasteiger partial charge on any atom is -0.495 e. The highest BCUT2D eigenvalue weighted by Gasteiger charge is 2.61. The summed E-state index contributed by atoms with van der Waals surface area (Å²) in [4.78, 5) is 0. The molecule has 0 spiro atoms. The first kappa shape index (κ1) is 15.8. The molecule has 0 radical (unpaired) electrons. The molecular weight excluding hydrogens is 298 g/mol. The number of anilines is 1. The maximum Gasteiger partial charge on any atom is 0.142 e. The van der Waals surface area contributed by atoms with E-state index < -0.39 is 5.60 Å². The highest BCUT2D eigenvalue weighted by Crippen LogP contribution is 2.64. The first-order chi connectivity index (χ1) is 11.4. The molecule has 3 aliphatic rings. The van der Waals surface area contributed by atoms with Crippen LogP contribution in [0.5, 0.6) is 5.75 Å². The van der Waals surface area contributed by atoms with Gasteiger partial charge in [0, 0.05) is 5.41 Å². The van der Waals surface area contributed by atoms with Gasteiger partial charge in [0.05, 0.1) is 12.8 Å². The number of rotatable bonds is 1. The Morgan fingerprint density at radius 3 is 2.79 bits per heavy atom. The van der Waals surface area contributed by atoms with E-state index >= 15 is 0 Å². The SMILES string of the molecule is C#C[C@]1(O)CC[C@H]2[C@@H]3CCc4c(ccc(OC)c4N)[C@H]3CC[C@@]21C. The van der Waals surface area contributed by atoms with Gasteiger partial charge >= 0.3 is 0 Å².